The van der Waals surface area contributed by atoms with E-state index in [1.165, 1.54) is 5.57 Å². The number of rotatable bonds is 3. The van der Waals surface area contributed by atoms with Crippen molar-refractivity contribution in [3.05, 3.63) is 71.3 Å². The van der Waals surface area contributed by atoms with E-state index in [-0.39, 0.29) is 0 Å². The van der Waals surface area contributed by atoms with Crippen LogP contribution in [0.2, 0.25) is 0 Å². The highest BCUT2D eigenvalue weighted by atomic mass is 32.3. The van der Waals surface area contributed by atoms with Gasteiger partial charge in [0.05, 0.1) is 10.6 Å². The molecule has 0 amide bonds. The quantitative estimate of drug-likeness (QED) is 0.749. The van der Waals surface area contributed by atoms with Crippen LogP contribution < -0.4 is 0 Å². The fourth-order valence-corrected chi connectivity index (χ4v) is 6.67. The molecule has 0 saturated carbocycles. The Morgan fingerprint density at radius 2 is 1.56 bits per heavy atom. The van der Waals surface area contributed by atoms with Crippen molar-refractivity contribution in [2.75, 3.05) is 12.3 Å². The number of aryl methyl sites for hydroxylation is 1. The van der Waals surface area contributed by atoms with E-state index in [4.69, 9.17) is 4.36 Å². The molecular formula is C19H22N2O2S2. The van der Waals surface area contributed by atoms with Crippen molar-refractivity contribution < 1.29 is 8.42 Å². The minimum absolute atomic E-state index is 0.318. The Morgan fingerprint density at radius 1 is 0.920 bits per heavy atom. The number of nitrogens with zero attached hydrogens (tertiary/aromatic N) is 2. The van der Waals surface area contributed by atoms with Crippen LogP contribution in [0.25, 0.3) is 0 Å². The lowest BCUT2D eigenvalue weighted by atomic mass is 10.2. The molecule has 0 radical (unpaired) electrons. The summed E-state index contributed by atoms with van der Waals surface area (Å²) >= 11 is 0. The van der Waals surface area contributed by atoms with Crippen LogP contribution in [-0.4, -0.2) is 24.4 Å². The first-order valence-corrected chi connectivity index (χ1v) is 10.9. The first-order valence-electron chi connectivity index (χ1n) is 8.10. The highest BCUT2D eigenvalue weighted by Crippen LogP contribution is 2.28. The molecule has 3 rings (SSSR count). The van der Waals surface area contributed by atoms with Crippen molar-refractivity contribution in [1.82, 2.24) is 3.71 Å². The van der Waals surface area contributed by atoms with Gasteiger partial charge in [-0.3, -0.25) is 0 Å². The number of benzene rings is 2. The lowest BCUT2D eigenvalue weighted by Crippen LogP contribution is -2.38. The monoisotopic (exact) mass is 374 g/mol. The molecule has 6 heteroatoms. The van der Waals surface area contributed by atoms with Crippen molar-refractivity contribution in [2.45, 2.75) is 25.7 Å². The van der Waals surface area contributed by atoms with Crippen molar-refractivity contribution >= 4 is 26.6 Å². The summed E-state index contributed by atoms with van der Waals surface area (Å²) in [5.41, 5.74) is 4.29. The second-order valence-electron chi connectivity index (χ2n) is 6.25. The summed E-state index contributed by atoms with van der Waals surface area (Å²) in [5, 5.41) is 0. The topological polar surface area (TPSA) is 49.7 Å². The normalized spacial score (nSPS) is 19.4. The minimum Gasteiger partial charge on any atom is -0.212 e. The van der Waals surface area contributed by atoms with Crippen LogP contribution >= 0.6 is 0 Å². The average Bonchev–Trinajstić information content (AvgIpc) is 2.60. The molecule has 0 N–H and O–H groups in total. The van der Waals surface area contributed by atoms with E-state index in [9.17, 15) is 8.42 Å². The van der Waals surface area contributed by atoms with Crippen molar-refractivity contribution in [1.29, 1.82) is 0 Å². The largest absolute Gasteiger partial charge is 0.253 e. The van der Waals surface area contributed by atoms with Gasteiger partial charge in [0, 0.05) is 12.3 Å². The highest BCUT2D eigenvalue weighted by Gasteiger charge is 2.31. The van der Waals surface area contributed by atoms with E-state index in [0.717, 1.165) is 16.8 Å². The minimum atomic E-state index is -3.58. The second kappa shape index (κ2) is 7.23. The molecule has 0 fully saturated rings. The van der Waals surface area contributed by atoms with Crippen LogP contribution in [0.4, 0.5) is 5.69 Å². The van der Waals surface area contributed by atoms with E-state index in [1.54, 1.807) is 28.0 Å². The lowest BCUT2D eigenvalue weighted by molar-refractivity contribution is 0.548. The molecule has 0 bridgehead atoms. The van der Waals surface area contributed by atoms with Gasteiger partial charge in [-0.05, 0) is 55.9 Å². The summed E-state index contributed by atoms with van der Waals surface area (Å²) in [4.78, 5) is 0.318. The third-order valence-corrected chi connectivity index (χ3v) is 8.58. The molecular weight excluding hydrogens is 352 g/mol. The zero-order valence-electron chi connectivity index (χ0n) is 14.6. The summed E-state index contributed by atoms with van der Waals surface area (Å²) in [7, 11) is -4.33. The standard InChI is InChI=1S/C19H22N2O2S2/c1-15-9-11-18(12-10-15)20-24-14-17(3)16(2)13-21(24)25(22,23)19-7-5-4-6-8-19/h4-12H,13-14H2,1-3H3/t24-/m0/s1. The van der Waals surface area contributed by atoms with E-state index in [0.29, 0.717) is 17.2 Å². The van der Waals surface area contributed by atoms with Crippen LogP contribution in [0.3, 0.4) is 0 Å². The molecule has 132 valence electrons. The maximum Gasteiger partial charge on any atom is 0.253 e. The smallest absolute Gasteiger partial charge is 0.212 e. The Labute approximate surface area is 152 Å². The van der Waals surface area contributed by atoms with Gasteiger partial charge in [0.15, 0.2) is 0 Å². The first-order chi connectivity index (χ1) is 11.9. The van der Waals surface area contributed by atoms with Gasteiger partial charge < -0.3 is 0 Å². The molecule has 0 spiro atoms. The fraction of sp³-hybridized carbons (Fsp3) is 0.263. The predicted molar refractivity (Wildman–Crippen MR) is 104 cm³/mol. The first kappa shape index (κ1) is 18.0. The molecule has 4 nitrogen and oxygen atoms in total. The predicted octanol–water partition coefficient (Wildman–Crippen LogP) is 4.38. The summed E-state index contributed by atoms with van der Waals surface area (Å²) < 4.78 is 32.6. The molecule has 25 heavy (non-hydrogen) atoms. The van der Waals surface area contributed by atoms with Crippen LogP contribution in [-0.2, 0) is 20.9 Å². The van der Waals surface area contributed by atoms with Crippen LogP contribution in [0.5, 0.6) is 0 Å². The second-order valence-corrected chi connectivity index (χ2v) is 9.94. The molecule has 0 aliphatic carbocycles. The molecule has 0 aromatic heterocycles. The average molecular weight is 375 g/mol. The van der Waals surface area contributed by atoms with E-state index in [2.05, 4.69) is 6.92 Å². The third-order valence-electron chi connectivity index (χ3n) is 4.23. The molecule has 2 aromatic rings. The van der Waals surface area contributed by atoms with Crippen LogP contribution in [0.15, 0.2) is 75.0 Å². The van der Waals surface area contributed by atoms with Crippen LogP contribution in [0, 0.1) is 6.92 Å². The van der Waals surface area contributed by atoms with Gasteiger partial charge in [0.2, 0.25) is 0 Å². The van der Waals surface area contributed by atoms with Gasteiger partial charge in [-0.2, -0.15) is 0 Å². The SMILES string of the molecule is CC1=C(C)C[S@@](=Nc2ccc(C)cc2)N(S(=O)(=O)c2ccccc2)C1. The van der Waals surface area contributed by atoms with Gasteiger partial charge in [0.25, 0.3) is 10.0 Å². The molecule has 1 atom stereocenters. The maximum absolute atomic E-state index is 13.1. The molecule has 0 saturated heterocycles. The maximum atomic E-state index is 13.1. The Bertz CT molecular complexity index is 931. The Hall–Kier alpha value is -1.76. The summed E-state index contributed by atoms with van der Waals surface area (Å²) in [6.07, 6.45) is 0. The van der Waals surface area contributed by atoms with Gasteiger partial charge in [-0.1, -0.05) is 47.0 Å². The lowest BCUT2D eigenvalue weighted by Gasteiger charge is -2.30. The molecule has 0 unspecified atom stereocenters. The van der Waals surface area contributed by atoms with E-state index in [1.807, 2.05) is 44.2 Å². The molecule has 1 aliphatic rings. The molecule has 2 aromatic carbocycles. The highest BCUT2D eigenvalue weighted by molar-refractivity contribution is 8.02. The van der Waals surface area contributed by atoms with Crippen LogP contribution in [0.1, 0.15) is 19.4 Å². The number of sulfonamides is 1. The van der Waals surface area contributed by atoms with Gasteiger partial charge in [0.1, 0.15) is 0 Å². The zero-order valence-corrected chi connectivity index (χ0v) is 16.3. The third kappa shape index (κ3) is 3.92. The van der Waals surface area contributed by atoms with E-state index < -0.39 is 20.9 Å². The molecule has 1 heterocycles. The Balaban J connectivity index is 2.07. The van der Waals surface area contributed by atoms with Gasteiger partial charge in [-0.25, -0.2) is 12.8 Å². The summed E-state index contributed by atoms with van der Waals surface area (Å²) in [6, 6.07) is 16.5. The Morgan fingerprint density at radius 3 is 2.20 bits per heavy atom. The van der Waals surface area contributed by atoms with Crippen molar-refractivity contribution in [2.24, 2.45) is 4.36 Å². The van der Waals surface area contributed by atoms with Gasteiger partial charge >= 0.3 is 0 Å². The summed E-state index contributed by atoms with van der Waals surface area (Å²) in [6.45, 7) is 6.47. The number of hydrogen-bond acceptors (Lipinski definition) is 3. The van der Waals surface area contributed by atoms with Crippen molar-refractivity contribution in [3.63, 3.8) is 0 Å². The molecule has 1 aliphatic heterocycles. The number of hydrogen-bond donors (Lipinski definition) is 0. The van der Waals surface area contributed by atoms with Gasteiger partial charge in [-0.15, -0.1) is 3.71 Å². The Kier molecular flexibility index (Phi) is 5.22. The fourth-order valence-electron chi connectivity index (χ4n) is 2.51. The van der Waals surface area contributed by atoms with E-state index >= 15 is 0 Å². The summed E-state index contributed by atoms with van der Waals surface area (Å²) in [5.74, 6) is 0.645. The van der Waals surface area contributed by atoms with Crippen molar-refractivity contribution in [3.8, 4) is 0 Å². The zero-order chi connectivity index (χ0) is 18.0.